The van der Waals surface area contributed by atoms with Crippen LogP contribution in [0.25, 0.3) is 11.1 Å². The standard InChI is InChI=1S/C20H19N3O5/c1-13(24)4-3-11-27-17-6-2-5-15(12-17)14-7-9-16(10-8-14)28-19-18(20(25)26)21-23-22-19/h2,5-10,12H,3-4,11H2,1H3,(H,25,26)(H,21,22,23). The normalized spacial score (nSPS) is 10.5. The van der Waals surface area contributed by atoms with Crippen molar-refractivity contribution < 1.29 is 24.2 Å². The second-order valence-electron chi connectivity index (χ2n) is 6.11. The quantitative estimate of drug-likeness (QED) is 0.543. The average molecular weight is 381 g/mol. The van der Waals surface area contributed by atoms with E-state index in [9.17, 15) is 9.59 Å². The molecule has 0 saturated heterocycles. The fraction of sp³-hybridized carbons (Fsp3) is 0.200. The van der Waals surface area contributed by atoms with Crippen molar-refractivity contribution in [3.63, 3.8) is 0 Å². The van der Waals surface area contributed by atoms with Gasteiger partial charge in [-0.05, 0) is 48.7 Å². The molecule has 8 nitrogen and oxygen atoms in total. The van der Waals surface area contributed by atoms with Gasteiger partial charge in [0.1, 0.15) is 17.3 Å². The third kappa shape index (κ3) is 4.94. The number of rotatable bonds is 9. The van der Waals surface area contributed by atoms with Gasteiger partial charge in [0.15, 0.2) is 0 Å². The largest absolute Gasteiger partial charge is 0.494 e. The Morgan fingerprint density at radius 3 is 2.57 bits per heavy atom. The summed E-state index contributed by atoms with van der Waals surface area (Å²) in [6, 6.07) is 14.8. The lowest BCUT2D eigenvalue weighted by molar-refractivity contribution is -0.117. The first-order valence-corrected chi connectivity index (χ1v) is 8.68. The Hall–Kier alpha value is -3.68. The van der Waals surface area contributed by atoms with E-state index < -0.39 is 5.97 Å². The molecule has 28 heavy (non-hydrogen) atoms. The molecule has 8 heteroatoms. The van der Waals surface area contributed by atoms with Crippen molar-refractivity contribution in [2.75, 3.05) is 6.61 Å². The van der Waals surface area contributed by atoms with Crippen molar-refractivity contribution >= 4 is 11.8 Å². The summed E-state index contributed by atoms with van der Waals surface area (Å²) in [6.45, 7) is 2.05. The van der Waals surface area contributed by atoms with E-state index in [-0.39, 0.29) is 17.4 Å². The third-order valence-corrected chi connectivity index (χ3v) is 3.91. The number of benzene rings is 2. The van der Waals surface area contributed by atoms with Crippen molar-refractivity contribution in [3.8, 4) is 28.5 Å². The smallest absolute Gasteiger partial charge is 0.359 e. The lowest BCUT2D eigenvalue weighted by atomic mass is 10.1. The van der Waals surface area contributed by atoms with E-state index in [1.807, 2.05) is 36.4 Å². The molecular weight excluding hydrogens is 362 g/mol. The number of aromatic amines is 1. The molecule has 0 aliphatic heterocycles. The van der Waals surface area contributed by atoms with Crippen LogP contribution in [0.1, 0.15) is 30.3 Å². The van der Waals surface area contributed by atoms with Crippen LogP contribution in [0.15, 0.2) is 48.5 Å². The SMILES string of the molecule is CC(=O)CCCOc1cccc(-c2ccc(Oc3nn[nH]c3C(=O)O)cc2)c1. The van der Waals surface area contributed by atoms with Gasteiger partial charge < -0.3 is 19.4 Å². The van der Waals surface area contributed by atoms with Gasteiger partial charge in [-0.2, -0.15) is 0 Å². The zero-order valence-electron chi connectivity index (χ0n) is 15.2. The Bertz CT molecular complexity index is 966. The summed E-state index contributed by atoms with van der Waals surface area (Å²) in [4.78, 5) is 22.0. The molecule has 3 rings (SSSR count). The summed E-state index contributed by atoms with van der Waals surface area (Å²) in [7, 11) is 0. The van der Waals surface area contributed by atoms with Gasteiger partial charge in [0.05, 0.1) is 6.61 Å². The number of aromatic carboxylic acids is 1. The number of carboxylic acids is 1. The first-order chi connectivity index (χ1) is 13.5. The molecule has 0 aliphatic carbocycles. The molecule has 0 fully saturated rings. The maximum Gasteiger partial charge on any atom is 0.359 e. The second-order valence-corrected chi connectivity index (χ2v) is 6.11. The van der Waals surface area contributed by atoms with E-state index in [1.54, 1.807) is 19.1 Å². The van der Waals surface area contributed by atoms with E-state index >= 15 is 0 Å². The number of ether oxygens (including phenoxy) is 2. The highest BCUT2D eigenvalue weighted by molar-refractivity contribution is 5.87. The molecule has 2 aromatic carbocycles. The number of Topliss-reactive ketones (excluding diaryl/α,β-unsaturated/α-hetero) is 1. The maximum atomic E-state index is 11.1. The van der Waals surface area contributed by atoms with E-state index in [0.29, 0.717) is 25.2 Å². The van der Waals surface area contributed by atoms with Crippen molar-refractivity contribution in [3.05, 3.63) is 54.2 Å². The molecule has 0 atom stereocenters. The van der Waals surface area contributed by atoms with Crippen LogP contribution in [0.3, 0.4) is 0 Å². The fourth-order valence-corrected chi connectivity index (χ4v) is 2.53. The number of ketones is 1. The number of carbonyl (C=O) groups excluding carboxylic acids is 1. The van der Waals surface area contributed by atoms with Crippen LogP contribution >= 0.6 is 0 Å². The Balaban J connectivity index is 1.66. The number of aromatic nitrogens is 3. The van der Waals surface area contributed by atoms with Crippen LogP contribution in [-0.2, 0) is 4.79 Å². The van der Waals surface area contributed by atoms with E-state index in [1.165, 1.54) is 0 Å². The molecule has 0 aliphatic rings. The monoisotopic (exact) mass is 381 g/mol. The van der Waals surface area contributed by atoms with Crippen molar-refractivity contribution in [2.45, 2.75) is 19.8 Å². The number of carboxylic acid groups (broad SMARTS) is 1. The maximum absolute atomic E-state index is 11.1. The molecule has 0 unspecified atom stereocenters. The summed E-state index contributed by atoms with van der Waals surface area (Å²) >= 11 is 0. The molecular formula is C20H19N3O5. The van der Waals surface area contributed by atoms with Crippen molar-refractivity contribution in [1.82, 2.24) is 15.4 Å². The third-order valence-electron chi connectivity index (χ3n) is 3.91. The van der Waals surface area contributed by atoms with E-state index in [2.05, 4.69) is 15.4 Å². The molecule has 0 radical (unpaired) electrons. The van der Waals surface area contributed by atoms with Gasteiger partial charge in [0.25, 0.3) is 5.88 Å². The minimum atomic E-state index is -1.20. The molecule has 1 heterocycles. The van der Waals surface area contributed by atoms with Gasteiger partial charge in [0, 0.05) is 6.42 Å². The minimum Gasteiger partial charge on any atom is -0.494 e. The van der Waals surface area contributed by atoms with Crippen LogP contribution in [0.5, 0.6) is 17.4 Å². The predicted octanol–water partition coefficient (Wildman–Crippen LogP) is 3.71. The molecule has 0 amide bonds. The van der Waals surface area contributed by atoms with Gasteiger partial charge in [-0.15, -0.1) is 0 Å². The Kier molecular flexibility index (Phi) is 6.01. The molecule has 1 aromatic heterocycles. The number of nitrogens with one attached hydrogen (secondary N) is 1. The van der Waals surface area contributed by atoms with Crippen molar-refractivity contribution in [2.24, 2.45) is 0 Å². The molecule has 144 valence electrons. The van der Waals surface area contributed by atoms with Crippen molar-refractivity contribution in [1.29, 1.82) is 0 Å². The fourth-order valence-electron chi connectivity index (χ4n) is 2.53. The highest BCUT2D eigenvalue weighted by Crippen LogP contribution is 2.28. The number of hydrogen-bond acceptors (Lipinski definition) is 6. The summed E-state index contributed by atoms with van der Waals surface area (Å²) in [5.74, 6) is 0.0329. The molecule has 0 saturated carbocycles. The first kappa shape index (κ1) is 19.1. The summed E-state index contributed by atoms with van der Waals surface area (Å²) in [5, 5.41) is 18.4. The van der Waals surface area contributed by atoms with Crippen LogP contribution in [0, 0.1) is 0 Å². The van der Waals surface area contributed by atoms with Crippen LogP contribution in [0.2, 0.25) is 0 Å². The average Bonchev–Trinajstić information content (AvgIpc) is 3.14. The highest BCUT2D eigenvalue weighted by Gasteiger charge is 2.16. The van der Waals surface area contributed by atoms with E-state index in [4.69, 9.17) is 14.6 Å². The Morgan fingerprint density at radius 2 is 1.86 bits per heavy atom. The van der Waals surface area contributed by atoms with Crippen LogP contribution in [-0.4, -0.2) is 38.9 Å². The number of H-pyrrole nitrogens is 1. The van der Waals surface area contributed by atoms with Gasteiger partial charge in [-0.3, -0.25) is 0 Å². The molecule has 0 spiro atoms. The second kappa shape index (κ2) is 8.81. The Morgan fingerprint density at radius 1 is 1.07 bits per heavy atom. The molecule has 0 bridgehead atoms. The zero-order valence-corrected chi connectivity index (χ0v) is 15.2. The zero-order chi connectivity index (χ0) is 19.9. The first-order valence-electron chi connectivity index (χ1n) is 8.68. The van der Waals surface area contributed by atoms with Gasteiger partial charge in [-0.25, -0.2) is 9.89 Å². The lowest BCUT2D eigenvalue weighted by Gasteiger charge is -2.09. The van der Waals surface area contributed by atoms with Crippen LogP contribution < -0.4 is 9.47 Å². The molecule has 3 aromatic rings. The van der Waals surface area contributed by atoms with Gasteiger partial charge in [0.2, 0.25) is 5.69 Å². The number of hydrogen-bond donors (Lipinski definition) is 2. The highest BCUT2D eigenvalue weighted by atomic mass is 16.5. The van der Waals surface area contributed by atoms with Crippen LogP contribution in [0.4, 0.5) is 0 Å². The van der Waals surface area contributed by atoms with Gasteiger partial charge in [-0.1, -0.05) is 34.6 Å². The summed E-state index contributed by atoms with van der Waals surface area (Å²) < 4.78 is 11.2. The molecule has 2 N–H and O–H groups in total. The lowest BCUT2D eigenvalue weighted by Crippen LogP contribution is -2.00. The number of nitrogens with zero attached hydrogens (tertiary/aromatic N) is 2. The van der Waals surface area contributed by atoms with Gasteiger partial charge >= 0.3 is 5.97 Å². The predicted molar refractivity (Wildman–Crippen MR) is 101 cm³/mol. The summed E-state index contributed by atoms with van der Waals surface area (Å²) in [5.41, 5.74) is 1.70. The van der Waals surface area contributed by atoms with E-state index in [0.717, 1.165) is 16.9 Å². The number of carbonyl (C=O) groups is 2. The summed E-state index contributed by atoms with van der Waals surface area (Å²) in [6.07, 6.45) is 1.20. The Labute approximate surface area is 161 Å². The topological polar surface area (TPSA) is 114 Å². The minimum absolute atomic E-state index is 0.0961.